The highest BCUT2D eigenvalue weighted by atomic mass is 16.1. The summed E-state index contributed by atoms with van der Waals surface area (Å²) in [6.45, 7) is 7.01. The van der Waals surface area contributed by atoms with Crippen LogP contribution in [0.15, 0.2) is 24.3 Å². The molecular weight excluding hydrogens is 246 g/mol. The van der Waals surface area contributed by atoms with Crippen LogP contribution in [0, 0.1) is 11.3 Å². The van der Waals surface area contributed by atoms with Gasteiger partial charge in [0.05, 0.1) is 0 Å². The van der Waals surface area contributed by atoms with Gasteiger partial charge in [0.1, 0.15) is 0 Å². The van der Waals surface area contributed by atoms with Crippen molar-refractivity contribution >= 4 is 5.91 Å². The Morgan fingerprint density at radius 3 is 2.45 bits per heavy atom. The predicted octanol–water partition coefficient (Wildman–Crippen LogP) is 3.95. The first kappa shape index (κ1) is 13.7. The zero-order valence-corrected chi connectivity index (χ0v) is 12.8. The van der Waals surface area contributed by atoms with Gasteiger partial charge in [0, 0.05) is 11.1 Å². The molecule has 0 aromatic heterocycles. The summed E-state index contributed by atoms with van der Waals surface area (Å²) in [5.74, 6) is 0.906. The number of hydrogen-bond donors (Lipinski definition) is 1. The molecule has 1 saturated carbocycles. The minimum absolute atomic E-state index is 0.0210. The lowest BCUT2D eigenvalue weighted by molar-refractivity contribution is 0.0747. The minimum Gasteiger partial charge on any atom is -0.346 e. The zero-order chi connectivity index (χ0) is 14.4. The summed E-state index contributed by atoms with van der Waals surface area (Å²) in [7, 11) is 0. The summed E-state index contributed by atoms with van der Waals surface area (Å²) in [5, 5.41) is 3.32. The molecule has 0 bridgehead atoms. The van der Waals surface area contributed by atoms with E-state index in [0.29, 0.717) is 5.41 Å². The maximum absolute atomic E-state index is 12.3. The number of fused-ring (bicyclic) bond motifs is 1. The van der Waals surface area contributed by atoms with Crippen LogP contribution in [0.2, 0.25) is 0 Å². The lowest BCUT2D eigenvalue weighted by Crippen LogP contribution is -2.55. The molecule has 1 aliphatic heterocycles. The van der Waals surface area contributed by atoms with Crippen molar-refractivity contribution in [3.63, 3.8) is 0 Å². The molecular formula is C18H25NO. The molecule has 0 unspecified atom stereocenters. The van der Waals surface area contributed by atoms with E-state index >= 15 is 0 Å². The molecule has 108 valence electrons. The number of nitrogens with one attached hydrogen (secondary N) is 1. The Morgan fingerprint density at radius 1 is 1.15 bits per heavy atom. The highest BCUT2D eigenvalue weighted by molar-refractivity contribution is 5.97. The number of amides is 1. The second kappa shape index (κ2) is 4.61. The molecule has 20 heavy (non-hydrogen) atoms. The maximum Gasteiger partial charge on any atom is 0.251 e. The van der Waals surface area contributed by atoms with Gasteiger partial charge in [-0.05, 0) is 55.1 Å². The van der Waals surface area contributed by atoms with E-state index in [0.717, 1.165) is 30.7 Å². The lowest BCUT2D eigenvalue weighted by Gasteiger charge is -2.46. The molecule has 2 heteroatoms. The highest BCUT2D eigenvalue weighted by Gasteiger charge is 2.42. The molecule has 1 fully saturated rings. The van der Waals surface area contributed by atoms with Crippen molar-refractivity contribution < 1.29 is 4.79 Å². The van der Waals surface area contributed by atoms with Crippen molar-refractivity contribution in [1.82, 2.24) is 5.32 Å². The van der Waals surface area contributed by atoms with Gasteiger partial charge in [-0.1, -0.05) is 39.0 Å². The van der Waals surface area contributed by atoms with Crippen molar-refractivity contribution in [3.05, 3.63) is 35.4 Å². The molecule has 1 heterocycles. The third-order valence-electron chi connectivity index (χ3n) is 5.34. The van der Waals surface area contributed by atoms with Crippen molar-refractivity contribution in [3.8, 4) is 0 Å². The Morgan fingerprint density at radius 2 is 1.80 bits per heavy atom. The van der Waals surface area contributed by atoms with E-state index < -0.39 is 0 Å². The van der Waals surface area contributed by atoms with Crippen LogP contribution in [0.3, 0.4) is 0 Å². The molecule has 0 atom stereocenters. The summed E-state index contributed by atoms with van der Waals surface area (Å²) in [4.78, 5) is 12.3. The van der Waals surface area contributed by atoms with Gasteiger partial charge < -0.3 is 5.32 Å². The van der Waals surface area contributed by atoms with Crippen LogP contribution in [0.4, 0.5) is 0 Å². The van der Waals surface area contributed by atoms with Crippen LogP contribution >= 0.6 is 0 Å². The van der Waals surface area contributed by atoms with Crippen LogP contribution in [0.25, 0.3) is 0 Å². The van der Waals surface area contributed by atoms with E-state index in [1.165, 1.54) is 18.4 Å². The van der Waals surface area contributed by atoms with Crippen molar-refractivity contribution in [2.24, 2.45) is 11.3 Å². The fraction of sp³-hybridized carbons (Fsp3) is 0.611. The van der Waals surface area contributed by atoms with Gasteiger partial charge in [0.25, 0.3) is 5.91 Å². The topological polar surface area (TPSA) is 29.1 Å². The Labute approximate surface area is 122 Å². The van der Waals surface area contributed by atoms with Gasteiger partial charge in [-0.15, -0.1) is 0 Å². The normalized spacial score (nSPS) is 29.9. The molecule has 1 N–H and O–H groups in total. The third kappa shape index (κ3) is 2.36. The van der Waals surface area contributed by atoms with Crippen LogP contribution < -0.4 is 5.32 Å². The summed E-state index contributed by atoms with van der Waals surface area (Å²) in [6, 6.07) is 8.06. The van der Waals surface area contributed by atoms with Gasteiger partial charge >= 0.3 is 0 Å². The summed E-state index contributed by atoms with van der Waals surface area (Å²) < 4.78 is 0. The molecule has 2 nitrogen and oxygen atoms in total. The number of carbonyl (C=O) groups is 1. The number of rotatable bonds is 0. The van der Waals surface area contributed by atoms with Crippen LogP contribution in [0.5, 0.6) is 0 Å². The SMILES string of the molecule is CC(C)(C)C1CCC2(CC1)Cc1ccccc1C(=O)N2. The molecule has 0 radical (unpaired) electrons. The first-order valence-electron chi connectivity index (χ1n) is 7.80. The van der Waals surface area contributed by atoms with Gasteiger partial charge in [0.2, 0.25) is 0 Å². The second-order valence-corrected chi connectivity index (χ2v) is 7.71. The number of carbonyl (C=O) groups excluding carboxylic acids is 1. The largest absolute Gasteiger partial charge is 0.346 e. The second-order valence-electron chi connectivity index (χ2n) is 7.71. The molecule has 3 rings (SSSR count). The molecule has 1 amide bonds. The van der Waals surface area contributed by atoms with E-state index in [4.69, 9.17) is 0 Å². The smallest absolute Gasteiger partial charge is 0.251 e. The molecule has 0 saturated heterocycles. The fourth-order valence-corrected chi connectivity index (χ4v) is 3.95. The van der Waals surface area contributed by atoms with Crippen LogP contribution in [-0.2, 0) is 6.42 Å². The van der Waals surface area contributed by atoms with Crippen LogP contribution in [0.1, 0.15) is 62.4 Å². The van der Waals surface area contributed by atoms with E-state index in [1.807, 2.05) is 18.2 Å². The van der Waals surface area contributed by atoms with Crippen molar-refractivity contribution in [2.45, 2.75) is 58.4 Å². The Balaban J connectivity index is 1.79. The number of hydrogen-bond acceptors (Lipinski definition) is 1. The summed E-state index contributed by atoms with van der Waals surface area (Å²) >= 11 is 0. The van der Waals surface area contributed by atoms with Crippen molar-refractivity contribution in [1.29, 1.82) is 0 Å². The lowest BCUT2D eigenvalue weighted by atomic mass is 9.65. The predicted molar refractivity (Wildman–Crippen MR) is 81.8 cm³/mol. The summed E-state index contributed by atoms with van der Waals surface area (Å²) in [5.41, 5.74) is 2.51. The van der Waals surface area contributed by atoms with E-state index in [-0.39, 0.29) is 11.4 Å². The van der Waals surface area contributed by atoms with Gasteiger partial charge in [0.15, 0.2) is 0 Å². The monoisotopic (exact) mass is 271 g/mol. The van der Waals surface area contributed by atoms with Gasteiger partial charge in [-0.25, -0.2) is 0 Å². The number of benzene rings is 1. The first-order chi connectivity index (χ1) is 9.40. The average Bonchev–Trinajstić information content (AvgIpc) is 2.38. The molecule has 1 spiro atoms. The Kier molecular flexibility index (Phi) is 3.15. The molecule has 1 aromatic carbocycles. The molecule has 2 aliphatic rings. The quantitative estimate of drug-likeness (QED) is 0.760. The maximum atomic E-state index is 12.3. The third-order valence-corrected chi connectivity index (χ3v) is 5.34. The van der Waals surface area contributed by atoms with Crippen LogP contribution in [-0.4, -0.2) is 11.4 Å². The van der Waals surface area contributed by atoms with Gasteiger partial charge in [-0.3, -0.25) is 4.79 Å². The van der Waals surface area contributed by atoms with E-state index in [1.54, 1.807) is 0 Å². The van der Waals surface area contributed by atoms with E-state index in [2.05, 4.69) is 32.2 Å². The molecule has 1 aliphatic carbocycles. The van der Waals surface area contributed by atoms with Gasteiger partial charge in [-0.2, -0.15) is 0 Å². The Bertz CT molecular complexity index is 518. The minimum atomic E-state index is 0.0210. The van der Waals surface area contributed by atoms with E-state index in [9.17, 15) is 4.79 Å². The summed E-state index contributed by atoms with van der Waals surface area (Å²) in [6.07, 6.45) is 5.70. The zero-order valence-electron chi connectivity index (χ0n) is 12.8. The Hall–Kier alpha value is -1.31. The standard InChI is InChI=1S/C18H25NO/c1-17(2,3)14-8-10-18(11-9-14)12-13-6-4-5-7-15(13)16(20)19-18/h4-7,14H,8-12H2,1-3H3,(H,19,20). The molecule has 1 aromatic rings. The highest BCUT2D eigenvalue weighted by Crippen LogP contribution is 2.43. The first-order valence-corrected chi connectivity index (χ1v) is 7.80. The van der Waals surface area contributed by atoms with Crippen molar-refractivity contribution in [2.75, 3.05) is 0 Å². The fourth-order valence-electron chi connectivity index (χ4n) is 3.95. The average molecular weight is 271 g/mol.